The van der Waals surface area contributed by atoms with Crippen molar-refractivity contribution in [3.63, 3.8) is 0 Å². The summed E-state index contributed by atoms with van der Waals surface area (Å²) in [5, 5.41) is 7.63. The lowest BCUT2D eigenvalue weighted by molar-refractivity contribution is 0.286. The van der Waals surface area contributed by atoms with Gasteiger partial charge in [-0.3, -0.25) is 0 Å². The number of hydrogen-bond donors (Lipinski definition) is 2. The van der Waals surface area contributed by atoms with Crippen molar-refractivity contribution in [1.29, 1.82) is 0 Å². The van der Waals surface area contributed by atoms with E-state index in [4.69, 9.17) is 11.6 Å². The van der Waals surface area contributed by atoms with Crippen LogP contribution in [0.25, 0.3) is 0 Å². The van der Waals surface area contributed by atoms with Gasteiger partial charge < -0.3 is 10.6 Å². The molecule has 2 N–H and O–H groups in total. The van der Waals surface area contributed by atoms with Gasteiger partial charge in [-0.25, -0.2) is 9.97 Å². The summed E-state index contributed by atoms with van der Waals surface area (Å²) in [5.74, 6) is 0.677. The predicted molar refractivity (Wildman–Crippen MR) is 79.6 cm³/mol. The van der Waals surface area contributed by atoms with Gasteiger partial charge in [-0.05, 0) is 46.5 Å². The molecule has 1 heterocycles. The van der Waals surface area contributed by atoms with Crippen LogP contribution < -0.4 is 10.6 Å². The molecule has 4 nitrogen and oxygen atoms in total. The molecule has 106 valence electrons. The van der Waals surface area contributed by atoms with Gasteiger partial charge in [0.15, 0.2) is 0 Å². The van der Waals surface area contributed by atoms with Crippen LogP contribution in [-0.2, 0) is 0 Å². The Morgan fingerprint density at radius 2 is 1.58 bits per heavy atom. The van der Waals surface area contributed by atoms with Crippen molar-refractivity contribution in [3.8, 4) is 0 Å². The van der Waals surface area contributed by atoms with Crippen LogP contribution in [0.15, 0.2) is 12.4 Å². The fraction of sp³-hybridized carbons (Fsp3) is 0.714. The molecular formula is C14H23ClN4. The number of anilines is 1. The second kappa shape index (κ2) is 6.06. The first-order valence-electron chi connectivity index (χ1n) is 6.94. The van der Waals surface area contributed by atoms with Crippen molar-refractivity contribution in [2.75, 3.05) is 5.32 Å². The molecule has 1 aromatic rings. The van der Waals surface area contributed by atoms with Crippen LogP contribution in [0.4, 0.5) is 5.95 Å². The lowest BCUT2D eigenvalue weighted by Crippen LogP contribution is -2.46. The topological polar surface area (TPSA) is 49.8 Å². The minimum Gasteiger partial charge on any atom is -0.351 e. The highest BCUT2D eigenvalue weighted by molar-refractivity contribution is 6.30. The molecule has 1 fully saturated rings. The van der Waals surface area contributed by atoms with Crippen LogP contribution in [0.5, 0.6) is 0 Å². The molecule has 2 rings (SSSR count). The van der Waals surface area contributed by atoms with E-state index in [0.717, 1.165) is 12.8 Å². The molecule has 0 saturated heterocycles. The lowest BCUT2D eigenvalue weighted by atomic mass is 9.89. The van der Waals surface area contributed by atoms with Gasteiger partial charge in [0.05, 0.1) is 17.4 Å². The van der Waals surface area contributed by atoms with E-state index in [9.17, 15) is 0 Å². The zero-order valence-corrected chi connectivity index (χ0v) is 12.7. The van der Waals surface area contributed by atoms with Crippen LogP contribution >= 0.6 is 11.6 Å². The molecule has 0 unspecified atom stereocenters. The molecule has 5 heteroatoms. The Labute approximate surface area is 120 Å². The molecule has 0 aliphatic heterocycles. The first kappa shape index (κ1) is 14.5. The van der Waals surface area contributed by atoms with Gasteiger partial charge in [-0.1, -0.05) is 11.6 Å². The SMILES string of the molecule is CC(C)(C)NC1CCC(Nc2ncc(Cl)cn2)CC1. The van der Waals surface area contributed by atoms with Crippen LogP contribution in [0, 0.1) is 0 Å². The van der Waals surface area contributed by atoms with Gasteiger partial charge in [0, 0.05) is 17.6 Å². The number of nitrogens with zero attached hydrogens (tertiary/aromatic N) is 2. The molecule has 0 radical (unpaired) electrons. The van der Waals surface area contributed by atoms with Gasteiger partial charge in [0.25, 0.3) is 0 Å². The Hall–Kier alpha value is -0.870. The van der Waals surface area contributed by atoms with Gasteiger partial charge in [-0.2, -0.15) is 0 Å². The number of rotatable bonds is 3. The van der Waals surface area contributed by atoms with E-state index in [1.807, 2.05) is 0 Å². The van der Waals surface area contributed by atoms with E-state index < -0.39 is 0 Å². The van der Waals surface area contributed by atoms with Gasteiger partial charge in [-0.15, -0.1) is 0 Å². The summed E-state index contributed by atoms with van der Waals surface area (Å²) in [5.41, 5.74) is 0.199. The van der Waals surface area contributed by atoms with Gasteiger partial charge in [0.1, 0.15) is 0 Å². The van der Waals surface area contributed by atoms with Crippen molar-refractivity contribution in [2.24, 2.45) is 0 Å². The maximum absolute atomic E-state index is 5.77. The van der Waals surface area contributed by atoms with Gasteiger partial charge >= 0.3 is 0 Å². The third kappa shape index (κ3) is 4.96. The quantitative estimate of drug-likeness (QED) is 0.894. The van der Waals surface area contributed by atoms with E-state index in [1.54, 1.807) is 12.4 Å². The summed E-state index contributed by atoms with van der Waals surface area (Å²) < 4.78 is 0. The fourth-order valence-electron chi connectivity index (χ4n) is 2.56. The normalized spacial score (nSPS) is 24.2. The van der Waals surface area contributed by atoms with E-state index in [2.05, 4.69) is 41.4 Å². The molecule has 19 heavy (non-hydrogen) atoms. The van der Waals surface area contributed by atoms with E-state index >= 15 is 0 Å². The number of nitrogens with one attached hydrogen (secondary N) is 2. The summed E-state index contributed by atoms with van der Waals surface area (Å²) >= 11 is 5.77. The van der Waals surface area contributed by atoms with Crippen LogP contribution in [0.2, 0.25) is 5.02 Å². The van der Waals surface area contributed by atoms with Crippen molar-refractivity contribution < 1.29 is 0 Å². The summed E-state index contributed by atoms with van der Waals surface area (Å²) in [7, 11) is 0. The molecule has 0 aromatic carbocycles. The summed E-state index contributed by atoms with van der Waals surface area (Å²) in [4.78, 5) is 8.36. The van der Waals surface area contributed by atoms with Crippen molar-refractivity contribution in [3.05, 3.63) is 17.4 Å². The largest absolute Gasteiger partial charge is 0.351 e. The van der Waals surface area contributed by atoms with Crippen LogP contribution in [0.3, 0.4) is 0 Å². The van der Waals surface area contributed by atoms with Crippen LogP contribution in [-0.4, -0.2) is 27.6 Å². The Bertz CT molecular complexity index is 391. The zero-order valence-electron chi connectivity index (χ0n) is 11.9. The Morgan fingerprint density at radius 3 is 2.11 bits per heavy atom. The molecule has 1 aliphatic rings. The molecule has 0 atom stereocenters. The average molecular weight is 283 g/mol. The molecule has 1 aliphatic carbocycles. The first-order valence-corrected chi connectivity index (χ1v) is 7.32. The molecule has 0 spiro atoms. The minimum absolute atomic E-state index is 0.199. The third-order valence-electron chi connectivity index (χ3n) is 3.32. The van der Waals surface area contributed by atoms with Crippen molar-refractivity contribution in [1.82, 2.24) is 15.3 Å². The maximum atomic E-state index is 5.77. The molecule has 1 saturated carbocycles. The molecular weight excluding hydrogens is 260 g/mol. The number of aromatic nitrogens is 2. The fourth-order valence-corrected chi connectivity index (χ4v) is 2.66. The summed E-state index contributed by atoms with van der Waals surface area (Å²) in [6, 6.07) is 1.10. The molecule has 0 amide bonds. The predicted octanol–water partition coefficient (Wildman–Crippen LogP) is 3.24. The Balaban J connectivity index is 1.79. The number of hydrogen-bond acceptors (Lipinski definition) is 4. The molecule has 1 aromatic heterocycles. The lowest BCUT2D eigenvalue weighted by Gasteiger charge is -2.34. The van der Waals surface area contributed by atoms with E-state index in [0.29, 0.717) is 23.1 Å². The smallest absolute Gasteiger partial charge is 0.222 e. The highest BCUT2D eigenvalue weighted by atomic mass is 35.5. The second-order valence-corrected chi connectivity index (χ2v) is 6.75. The summed E-state index contributed by atoms with van der Waals surface area (Å²) in [6.45, 7) is 6.66. The van der Waals surface area contributed by atoms with E-state index in [-0.39, 0.29) is 5.54 Å². The van der Waals surface area contributed by atoms with Gasteiger partial charge in [0.2, 0.25) is 5.95 Å². The Kier molecular flexibility index (Phi) is 4.63. The second-order valence-electron chi connectivity index (χ2n) is 6.31. The van der Waals surface area contributed by atoms with Crippen molar-refractivity contribution >= 4 is 17.5 Å². The minimum atomic E-state index is 0.199. The molecule has 0 bridgehead atoms. The third-order valence-corrected chi connectivity index (χ3v) is 3.51. The maximum Gasteiger partial charge on any atom is 0.222 e. The average Bonchev–Trinajstić information content (AvgIpc) is 2.33. The zero-order chi connectivity index (χ0) is 13.9. The van der Waals surface area contributed by atoms with E-state index in [1.165, 1.54) is 12.8 Å². The standard InChI is InChI=1S/C14H23ClN4/c1-14(2,3)19-12-6-4-11(5-7-12)18-13-16-8-10(15)9-17-13/h8-9,11-12,19H,4-7H2,1-3H3,(H,16,17,18). The first-order chi connectivity index (χ1) is 8.92. The summed E-state index contributed by atoms with van der Waals surface area (Å²) in [6.07, 6.45) is 7.96. The number of halogens is 1. The van der Waals surface area contributed by atoms with Crippen molar-refractivity contribution in [2.45, 2.75) is 64.1 Å². The monoisotopic (exact) mass is 282 g/mol. The van der Waals surface area contributed by atoms with Crippen LogP contribution in [0.1, 0.15) is 46.5 Å². The highest BCUT2D eigenvalue weighted by Crippen LogP contribution is 2.22. The Morgan fingerprint density at radius 1 is 1.05 bits per heavy atom. The highest BCUT2D eigenvalue weighted by Gasteiger charge is 2.24.